The van der Waals surface area contributed by atoms with Crippen LogP contribution in [0.5, 0.6) is 5.75 Å². The molecule has 2 nitrogen and oxygen atoms in total. The van der Waals surface area contributed by atoms with Crippen molar-refractivity contribution in [2.24, 2.45) is 0 Å². The highest BCUT2D eigenvalue weighted by molar-refractivity contribution is 6.09. The second-order valence-corrected chi connectivity index (χ2v) is 5.07. The highest BCUT2D eigenvalue weighted by Gasteiger charge is 2.15. The van der Waals surface area contributed by atoms with Crippen LogP contribution in [0.15, 0.2) is 36.4 Å². The van der Waals surface area contributed by atoms with E-state index in [0.717, 1.165) is 30.8 Å². The van der Waals surface area contributed by atoms with Gasteiger partial charge in [0, 0.05) is 11.1 Å². The zero-order valence-electron chi connectivity index (χ0n) is 11.3. The maximum atomic E-state index is 13.3. The smallest absolute Gasteiger partial charge is 0.193 e. The fourth-order valence-corrected chi connectivity index (χ4v) is 2.45. The summed E-state index contributed by atoms with van der Waals surface area (Å²) in [4.78, 5) is 12.4. The van der Waals surface area contributed by atoms with Gasteiger partial charge >= 0.3 is 0 Å². The zero-order valence-corrected chi connectivity index (χ0v) is 11.3. The Balaban J connectivity index is 1.95. The average molecular weight is 270 g/mol. The van der Waals surface area contributed by atoms with Crippen molar-refractivity contribution in [1.29, 1.82) is 0 Å². The van der Waals surface area contributed by atoms with Crippen LogP contribution in [-0.4, -0.2) is 12.4 Å². The Labute approximate surface area is 117 Å². The van der Waals surface area contributed by atoms with Crippen molar-refractivity contribution in [2.75, 3.05) is 6.61 Å². The molecule has 2 aromatic carbocycles. The molecule has 0 radical (unpaired) electrons. The number of carbonyl (C=O) groups excluding carboxylic acids is 1. The first kappa shape index (κ1) is 12.9. The highest BCUT2D eigenvalue weighted by Crippen LogP contribution is 2.26. The number of fused-ring (bicyclic) bond motifs is 1. The van der Waals surface area contributed by atoms with Crippen LogP contribution in [0.1, 0.15) is 33.5 Å². The molecule has 1 aliphatic heterocycles. The van der Waals surface area contributed by atoms with E-state index in [2.05, 4.69) is 0 Å². The molecule has 3 rings (SSSR count). The molecular weight excluding hydrogens is 255 g/mol. The Bertz CT molecular complexity index is 677. The van der Waals surface area contributed by atoms with Crippen molar-refractivity contribution in [2.45, 2.75) is 19.8 Å². The van der Waals surface area contributed by atoms with Gasteiger partial charge in [0.25, 0.3) is 0 Å². The van der Waals surface area contributed by atoms with Crippen LogP contribution in [0.25, 0.3) is 0 Å². The lowest BCUT2D eigenvalue weighted by atomic mass is 9.97. The molecule has 0 saturated heterocycles. The van der Waals surface area contributed by atoms with Gasteiger partial charge in [-0.05, 0) is 67.3 Å². The Morgan fingerprint density at radius 2 is 1.90 bits per heavy atom. The molecule has 0 unspecified atom stereocenters. The van der Waals surface area contributed by atoms with Crippen molar-refractivity contribution in [1.82, 2.24) is 0 Å². The number of benzene rings is 2. The summed E-state index contributed by atoms with van der Waals surface area (Å²) in [7, 11) is 0. The summed E-state index contributed by atoms with van der Waals surface area (Å²) in [6.45, 7) is 2.39. The van der Waals surface area contributed by atoms with E-state index in [1.807, 2.05) is 12.1 Å². The molecule has 0 amide bonds. The van der Waals surface area contributed by atoms with Crippen molar-refractivity contribution in [3.05, 3.63) is 64.5 Å². The van der Waals surface area contributed by atoms with Gasteiger partial charge < -0.3 is 4.74 Å². The maximum absolute atomic E-state index is 13.3. The van der Waals surface area contributed by atoms with E-state index in [9.17, 15) is 9.18 Å². The number of aryl methyl sites for hydroxylation is 2. The maximum Gasteiger partial charge on any atom is 0.193 e. The lowest BCUT2D eigenvalue weighted by molar-refractivity contribution is 0.103. The van der Waals surface area contributed by atoms with E-state index in [1.54, 1.807) is 19.1 Å². The van der Waals surface area contributed by atoms with Gasteiger partial charge in [-0.3, -0.25) is 4.79 Å². The Morgan fingerprint density at radius 3 is 2.70 bits per heavy atom. The monoisotopic (exact) mass is 270 g/mol. The van der Waals surface area contributed by atoms with Gasteiger partial charge in [-0.2, -0.15) is 0 Å². The summed E-state index contributed by atoms with van der Waals surface area (Å²) < 4.78 is 18.8. The van der Waals surface area contributed by atoms with Gasteiger partial charge in [0.1, 0.15) is 11.6 Å². The number of ether oxygens (including phenoxy) is 1. The van der Waals surface area contributed by atoms with E-state index < -0.39 is 0 Å². The molecule has 0 fully saturated rings. The van der Waals surface area contributed by atoms with Crippen LogP contribution < -0.4 is 4.74 Å². The highest BCUT2D eigenvalue weighted by atomic mass is 19.1. The molecule has 0 spiro atoms. The van der Waals surface area contributed by atoms with Gasteiger partial charge in [-0.15, -0.1) is 0 Å². The molecule has 1 heterocycles. The van der Waals surface area contributed by atoms with E-state index >= 15 is 0 Å². The van der Waals surface area contributed by atoms with E-state index in [-0.39, 0.29) is 11.6 Å². The Morgan fingerprint density at radius 1 is 1.15 bits per heavy atom. The number of rotatable bonds is 2. The predicted octanol–water partition coefficient (Wildman–Crippen LogP) is 3.69. The van der Waals surface area contributed by atoms with E-state index in [0.29, 0.717) is 16.7 Å². The van der Waals surface area contributed by atoms with Crippen LogP contribution in [0.4, 0.5) is 4.39 Å². The van der Waals surface area contributed by atoms with Crippen molar-refractivity contribution >= 4 is 5.78 Å². The minimum atomic E-state index is -0.291. The average Bonchev–Trinajstić information content (AvgIpc) is 2.49. The first-order chi connectivity index (χ1) is 9.65. The van der Waals surface area contributed by atoms with Crippen LogP contribution in [0.3, 0.4) is 0 Å². The summed E-state index contributed by atoms with van der Waals surface area (Å²) in [5.41, 5.74) is 2.69. The fraction of sp³-hybridized carbons (Fsp3) is 0.235. The van der Waals surface area contributed by atoms with Gasteiger partial charge in [0.15, 0.2) is 5.78 Å². The van der Waals surface area contributed by atoms with Gasteiger partial charge in [0.2, 0.25) is 0 Å². The van der Waals surface area contributed by atoms with E-state index in [1.165, 1.54) is 12.1 Å². The minimum absolute atomic E-state index is 0.0820. The van der Waals surface area contributed by atoms with Crippen LogP contribution in [0, 0.1) is 12.7 Å². The fourth-order valence-electron chi connectivity index (χ4n) is 2.45. The lowest BCUT2D eigenvalue weighted by Crippen LogP contribution is -2.10. The molecule has 2 aromatic rings. The third-order valence-electron chi connectivity index (χ3n) is 3.59. The number of hydrogen-bond acceptors (Lipinski definition) is 2. The number of carbonyl (C=O) groups is 1. The first-order valence-corrected chi connectivity index (χ1v) is 6.72. The largest absolute Gasteiger partial charge is 0.493 e. The molecule has 102 valence electrons. The molecule has 0 bridgehead atoms. The standard InChI is InChI=1S/C17H15FO2/c1-11-9-13(4-6-15(11)18)17(19)14-5-7-16-12(10-14)3-2-8-20-16/h4-7,9-10H,2-3,8H2,1H3. The van der Waals surface area contributed by atoms with Crippen molar-refractivity contribution < 1.29 is 13.9 Å². The summed E-state index contributed by atoms with van der Waals surface area (Å²) in [6, 6.07) is 9.96. The molecule has 0 aliphatic carbocycles. The second kappa shape index (κ2) is 5.08. The van der Waals surface area contributed by atoms with Crippen molar-refractivity contribution in [3.8, 4) is 5.75 Å². The Hall–Kier alpha value is -2.16. The summed E-state index contributed by atoms with van der Waals surface area (Å²) in [5.74, 6) is 0.491. The minimum Gasteiger partial charge on any atom is -0.493 e. The Kier molecular flexibility index (Phi) is 3.26. The van der Waals surface area contributed by atoms with Crippen LogP contribution in [-0.2, 0) is 6.42 Å². The van der Waals surface area contributed by atoms with Gasteiger partial charge in [0.05, 0.1) is 6.61 Å². The van der Waals surface area contributed by atoms with Crippen molar-refractivity contribution in [3.63, 3.8) is 0 Å². The molecular formula is C17H15FO2. The normalized spacial score (nSPS) is 13.5. The number of hydrogen-bond donors (Lipinski definition) is 0. The zero-order chi connectivity index (χ0) is 14.1. The predicted molar refractivity (Wildman–Crippen MR) is 74.8 cm³/mol. The van der Waals surface area contributed by atoms with Gasteiger partial charge in [-0.25, -0.2) is 4.39 Å². The lowest BCUT2D eigenvalue weighted by Gasteiger charge is -2.17. The summed E-state index contributed by atoms with van der Waals surface area (Å²) in [5, 5.41) is 0. The topological polar surface area (TPSA) is 26.3 Å². The molecule has 0 atom stereocenters. The van der Waals surface area contributed by atoms with E-state index in [4.69, 9.17) is 4.74 Å². The summed E-state index contributed by atoms with van der Waals surface area (Å²) in [6.07, 6.45) is 1.90. The molecule has 3 heteroatoms. The summed E-state index contributed by atoms with van der Waals surface area (Å²) >= 11 is 0. The third-order valence-corrected chi connectivity index (χ3v) is 3.59. The molecule has 0 N–H and O–H groups in total. The molecule has 0 aromatic heterocycles. The molecule has 1 aliphatic rings. The second-order valence-electron chi connectivity index (χ2n) is 5.07. The first-order valence-electron chi connectivity index (χ1n) is 6.72. The third kappa shape index (κ3) is 2.31. The molecule has 20 heavy (non-hydrogen) atoms. The number of ketones is 1. The SMILES string of the molecule is Cc1cc(C(=O)c2ccc3c(c2)CCCO3)ccc1F. The molecule has 0 saturated carbocycles. The van der Waals surface area contributed by atoms with Gasteiger partial charge in [-0.1, -0.05) is 0 Å². The number of halogens is 1. The quantitative estimate of drug-likeness (QED) is 0.778. The van der Waals surface area contributed by atoms with Crippen LogP contribution in [0.2, 0.25) is 0 Å². The van der Waals surface area contributed by atoms with Crippen LogP contribution >= 0.6 is 0 Å².